The second-order valence-electron chi connectivity index (χ2n) is 4.56. The van der Waals surface area contributed by atoms with E-state index in [0.29, 0.717) is 0 Å². The molecule has 1 aromatic carbocycles. The molecule has 0 spiro atoms. The fourth-order valence-electron chi connectivity index (χ4n) is 2.16. The molecule has 7 nitrogen and oxygen atoms in total. The van der Waals surface area contributed by atoms with Crippen LogP contribution in [0.5, 0.6) is 0 Å². The third-order valence-corrected chi connectivity index (χ3v) is 3.15. The smallest absolute Gasteiger partial charge is 0.264 e. The molecular weight excluding hydrogens is 284 g/mol. The summed E-state index contributed by atoms with van der Waals surface area (Å²) in [6.45, 7) is -2.73. The SMILES string of the molecule is [2H]c1c([2H])c(N)c2c(=O)n([C@@]3(C([2H])([2H])[2H])C(=O)NC(=O)C([2H])([2H])C3([2H])[2H])c(C)nc2c1[2H]. The van der Waals surface area contributed by atoms with E-state index in [1.165, 1.54) is 5.32 Å². The Bertz CT molecular complexity index is 1270. The summed E-state index contributed by atoms with van der Waals surface area (Å²) >= 11 is 0. The number of anilines is 1. The summed E-state index contributed by atoms with van der Waals surface area (Å²) in [5.41, 5.74) is -0.457. The molecular formula is C15H16N4O3. The molecule has 0 unspecified atom stereocenters. The predicted octanol–water partition coefficient (Wildman–Crippen LogP) is 0.439. The first kappa shape index (κ1) is 6.60. The molecule has 1 fully saturated rings. The first-order valence-electron chi connectivity index (χ1n) is 11.0. The van der Waals surface area contributed by atoms with Crippen LogP contribution in [0.4, 0.5) is 5.69 Å². The number of piperidine rings is 1. The van der Waals surface area contributed by atoms with Crippen molar-refractivity contribution in [2.24, 2.45) is 0 Å². The maximum atomic E-state index is 13.5. The van der Waals surface area contributed by atoms with Crippen LogP contribution in [0.25, 0.3) is 10.9 Å². The lowest BCUT2D eigenvalue weighted by Gasteiger charge is -2.34. The highest BCUT2D eigenvalue weighted by atomic mass is 16.2. The zero-order valence-corrected chi connectivity index (χ0v) is 11.2. The van der Waals surface area contributed by atoms with Crippen molar-refractivity contribution in [1.82, 2.24) is 14.9 Å². The quantitative estimate of drug-likeness (QED) is 0.587. The molecule has 2 aromatic rings. The van der Waals surface area contributed by atoms with Crippen molar-refractivity contribution in [3.63, 3.8) is 0 Å². The Morgan fingerprint density at radius 1 is 1.50 bits per heavy atom. The van der Waals surface area contributed by atoms with Crippen molar-refractivity contribution >= 4 is 28.4 Å². The van der Waals surface area contributed by atoms with Gasteiger partial charge in [0, 0.05) is 21.7 Å². The molecule has 7 heteroatoms. The number of nitrogens with two attached hydrogens (primary N) is 1. The first-order valence-corrected chi connectivity index (χ1v) is 6.02. The lowest BCUT2D eigenvalue weighted by molar-refractivity contribution is -0.140. The van der Waals surface area contributed by atoms with Gasteiger partial charge in [0.2, 0.25) is 5.91 Å². The molecule has 3 N–H and O–H groups in total. The van der Waals surface area contributed by atoms with Gasteiger partial charge in [0.05, 0.1) is 15.0 Å². The number of carbonyl (C=O) groups is 2. The molecule has 1 aliphatic rings. The second-order valence-corrected chi connectivity index (χ2v) is 4.56. The van der Waals surface area contributed by atoms with Gasteiger partial charge in [-0.15, -0.1) is 0 Å². The van der Waals surface area contributed by atoms with Crippen LogP contribution in [0.2, 0.25) is 0 Å². The number of aryl methyl sites for hydroxylation is 1. The molecule has 0 aliphatic carbocycles. The van der Waals surface area contributed by atoms with E-state index in [0.717, 1.165) is 6.92 Å². The summed E-state index contributed by atoms with van der Waals surface area (Å²) in [4.78, 5) is 42.4. The van der Waals surface area contributed by atoms with Gasteiger partial charge >= 0.3 is 0 Å². The Morgan fingerprint density at radius 3 is 3.00 bits per heavy atom. The molecule has 0 bridgehead atoms. The van der Waals surface area contributed by atoms with Crippen LogP contribution in [0, 0.1) is 6.92 Å². The van der Waals surface area contributed by atoms with Crippen LogP contribution in [0.3, 0.4) is 0 Å². The molecule has 114 valence electrons. The minimum atomic E-state index is -3.80. The topological polar surface area (TPSA) is 107 Å². The minimum absolute atomic E-state index is 0.0980. The lowest BCUT2D eigenvalue weighted by atomic mass is 9.90. The molecule has 1 saturated heterocycles. The number of nitrogens with zero attached hydrogens (tertiary/aromatic N) is 2. The van der Waals surface area contributed by atoms with E-state index in [1.807, 2.05) is 0 Å². The van der Waals surface area contributed by atoms with Crippen molar-refractivity contribution in [2.75, 3.05) is 5.73 Å². The van der Waals surface area contributed by atoms with Crippen molar-refractivity contribution in [1.29, 1.82) is 0 Å². The third kappa shape index (κ3) is 1.89. The number of nitrogens with one attached hydrogen (secondary N) is 1. The molecule has 3 rings (SSSR count). The molecule has 22 heavy (non-hydrogen) atoms. The summed E-state index contributed by atoms with van der Waals surface area (Å²) < 4.78 is 79.8. The Balaban J connectivity index is 2.66. The minimum Gasteiger partial charge on any atom is -0.398 e. The number of imide groups is 1. The van der Waals surface area contributed by atoms with Gasteiger partial charge < -0.3 is 5.73 Å². The second kappa shape index (κ2) is 4.66. The maximum Gasteiger partial charge on any atom is 0.264 e. The number of aromatic nitrogens is 2. The first-order chi connectivity index (χ1) is 14.4. The predicted molar refractivity (Wildman–Crippen MR) is 81.2 cm³/mol. The average Bonchev–Trinajstić information content (AvgIpc) is 2.64. The number of hydrogen-bond donors (Lipinski definition) is 2. The van der Waals surface area contributed by atoms with Crippen LogP contribution in [-0.2, 0) is 15.1 Å². The Kier molecular flexibility index (Phi) is 1.40. The van der Waals surface area contributed by atoms with E-state index in [2.05, 4.69) is 4.98 Å². The van der Waals surface area contributed by atoms with Crippen molar-refractivity contribution in [3.05, 3.63) is 34.3 Å². The van der Waals surface area contributed by atoms with Crippen LogP contribution < -0.4 is 16.6 Å². The van der Waals surface area contributed by atoms with Crippen LogP contribution >= 0.6 is 0 Å². The van der Waals surface area contributed by atoms with Gasteiger partial charge in [-0.2, -0.15) is 0 Å². The average molecular weight is 310 g/mol. The van der Waals surface area contributed by atoms with Crippen LogP contribution in [0.1, 0.15) is 39.1 Å². The van der Waals surface area contributed by atoms with Gasteiger partial charge in [-0.25, -0.2) is 4.98 Å². The highest BCUT2D eigenvalue weighted by Gasteiger charge is 2.42. The zero-order chi connectivity index (χ0) is 24.8. The van der Waals surface area contributed by atoms with E-state index >= 15 is 0 Å². The molecule has 2 amide bonds. The van der Waals surface area contributed by atoms with Crippen molar-refractivity contribution in [2.45, 2.75) is 32.1 Å². The molecule has 2 heterocycles. The number of hydrogen-bond acceptors (Lipinski definition) is 5. The van der Waals surface area contributed by atoms with Gasteiger partial charge in [0.25, 0.3) is 11.5 Å². The lowest BCUT2D eigenvalue weighted by Crippen LogP contribution is -2.56. The summed E-state index contributed by atoms with van der Waals surface area (Å²) in [6.07, 6.45) is -7.37. The Hall–Kier alpha value is -2.70. The summed E-state index contributed by atoms with van der Waals surface area (Å²) in [5.74, 6) is -4.15. The number of nitrogen functional groups attached to an aromatic ring is 1. The standard InChI is InChI=1S/C15H16N4O3/c1-8-17-10-5-3-4-9(16)12(10)13(21)19(8)15(2)7-6-11(20)18-14(15)22/h3-5H,6-7,16H2,1-2H3,(H,18,20,22)/t15-/m1/s1/i2D3,3D,4D,5D,6D2,7D2. The zero-order valence-electron chi connectivity index (χ0n) is 21.2. The monoisotopic (exact) mass is 310 g/mol. The van der Waals surface area contributed by atoms with Gasteiger partial charge in [-0.3, -0.25) is 24.3 Å². The van der Waals surface area contributed by atoms with E-state index in [1.54, 1.807) is 0 Å². The fraction of sp³-hybridized carbons (Fsp3) is 0.333. The number of benzene rings is 1. The molecule has 1 aromatic heterocycles. The summed E-state index contributed by atoms with van der Waals surface area (Å²) in [5, 5.41) is 0.778. The van der Waals surface area contributed by atoms with Crippen molar-refractivity contribution in [3.8, 4) is 0 Å². The highest BCUT2D eigenvalue weighted by molar-refractivity contribution is 6.01. The molecule has 0 saturated carbocycles. The Labute approximate surface area is 140 Å². The van der Waals surface area contributed by atoms with Gasteiger partial charge in [0.1, 0.15) is 11.4 Å². The van der Waals surface area contributed by atoms with Crippen LogP contribution in [-0.4, -0.2) is 21.4 Å². The van der Waals surface area contributed by atoms with Gasteiger partial charge in [-0.05, 0) is 32.2 Å². The molecule has 1 aliphatic heterocycles. The number of carbonyl (C=O) groups excluding carboxylic acids is 2. The Morgan fingerprint density at radius 2 is 2.27 bits per heavy atom. The molecule has 0 radical (unpaired) electrons. The van der Waals surface area contributed by atoms with Crippen LogP contribution in [0.15, 0.2) is 22.9 Å². The molecule has 1 atom stereocenters. The normalized spacial score (nSPS) is 33.7. The number of fused-ring (bicyclic) bond motifs is 1. The maximum absolute atomic E-state index is 13.5. The number of rotatable bonds is 1. The fourth-order valence-corrected chi connectivity index (χ4v) is 2.16. The summed E-state index contributed by atoms with van der Waals surface area (Å²) in [6, 6.07) is -2.10. The highest BCUT2D eigenvalue weighted by Crippen LogP contribution is 2.27. The van der Waals surface area contributed by atoms with E-state index in [-0.39, 0.29) is 4.57 Å². The van der Waals surface area contributed by atoms with Gasteiger partial charge in [0.15, 0.2) is 0 Å². The number of amides is 2. The van der Waals surface area contributed by atoms with E-state index in [9.17, 15) is 14.4 Å². The van der Waals surface area contributed by atoms with Gasteiger partial charge in [-0.1, -0.05) is 6.04 Å². The van der Waals surface area contributed by atoms with E-state index in [4.69, 9.17) is 19.4 Å². The largest absolute Gasteiger partial charge is 0.398 e. The van der Waals surface area contributed by atoms with E-state index < -0.39 is 83.1 Å². The van der Waals surface area contributed by atoms with Crippen molar-refractivity contribution < 1.29 is 23.3 Å². The third-order valence-electron chi connectivity index (χ3n) is 3.15. The summed E-state index contributed by atoms with van der Waals surface area (Å²) in [7, 11) is 0.